The molecule has 3 N–H and O–H groups in total. The lowest BCUT2D eigenvalue weighted by Gasteiger charge is -2.36. The number of morpholine rings is 1. The Kier molecular flexibility index (Phi) is 9.98. The fourth-order valence-corrected chi connectivity index (χ4v) is 4.71. The van der Waals surface area contributed by atoms with Crippen LogP contribution in [0.5, 0.6) is 0 Å². The van der Waals surface area contributed by atoms with E-state index in [1.54, 1.807) is 12.1 Å². The number of nitrogens with one attached hydrogen (secondary N) is 1. The van der Waals surface area contributed by atoms with Crippen LogP contribution in [0.2, 0.25) is 0 Å². The number of aldehydes is 1. The van der Waals surface area contributed by atoms with E-state index in [0.29, 0.717) is 26.0 Å². The summed E-state index contributed by atoms with van der Waals surface area (Å²) in [5, 5.41) is 23.4. The predicted molar refractivity (Wildman–Crippen MR) is 147 cm³/mol. The maximum Gasteiger partial charge on any atom is 0.282 e. The van der Waals surface area contributed by atoms with Crippen molar-refractivity contribution in [1.29, 1.82) is 0 Å². The molecular weight excluding hydrogens is 507 g/mol. The number of aliphatic hydroxyl groups excluding tert-OH is 2. The number of rotatable bonds is 11. The van der Waals surface area contributed by atoms with Crippen LogP contribution < -0.4 is 5.32 Å². The topological polar surface area (TPSA) is 129 Å². The van der Waals surface area contributed by atoms with Crippen LogP contribution in [0.15, 0.2) is 53.1 Å². The standard InChI is InChI=1S/C26H34B2FN3O7/c1-16(34)22(27)21-19(14-32(23(21)35)26(28,6-3-9-33)25(37)30-2)24(36)39-15-18-5-4-17(12-20(18)29)13-31-7-10-38-11-8-31/h4-5,9,12,34,36H,1,3,6-8,10-11,13-15,27-28H2,2H3,(H,30,37)/b22-21-,24-19+. The van der Waals surface area contributed by atoms with Gasteiger partial charge in [0.25, 0.3) is 11.9 Å². The molecular formula is C26H34B2FN3O7. The Balaban J connectivity index is 1.87. The molecule has 0 radical (unpaired) electrons. The summed E-state index contributed by atoms with van der Waals surface area (Å²) in [4.78, 5) is 40.7. The SMILES string of the molecule is B/C(C(=C)O)=C1\C(=O)N(C(B)(CCC=O)C(=O)NC)C\C1=C(\O)OCc1ccc(CN2CCOCC2)cc1F. The molecule has 2 saturated heterocycles. The summed E-state index contributed by atoms with van der Waals surface area (Å²) in [6, 6.07) is 4.79. The van der Waals surface area contributed by atoms with Gasteiger partial charge in [0.15, 0.2) is 0 Å². The summed E-state index contributed by atoms with van der Waals surface area (Å²) in [7, 11) is 4.38. The molecule has 13 heteroatoms. The number of nitrogens with zero attached hydrogens (tertiary/aromatic N) is 2. The zero-order chi connectivity index (χ0) is 28.7. The maximum atomic E-state index is 14.9. The Morgan fingerprint density at radius 2 is 2.03 bits per heavy atom. The summed E-state index contributed by atoms with van der Waals surface area (Å²) in [6.07, 6.45) is 0.698. The van der Waals surface area contributed by atoms with E-state index in [4.69, 9.17) is 9.47 Å². The molecule has 2 heterocycles. The number of allylic oxidation sites excluding steroid dienone is 1. The van der Waals surface area contributed by atoms with Crippen LogP contribution in [0.25, 0.3) is 0 Å². The molecule has 1 aromatic carbocycles. The monoisotopic (exact) mass is 541 g/mol. The van der Waals surface area contributed by atoms with Gasteiger partial charge in [0.1, 0.15) is 40.2 Å². The van der Waals surface area contributed by atoms with E-state index >= 15 is 0 Å². The third-order valence-corrected chi connectivity index (χ3v) is 7.20. The van der Waals surface area contributed by atoms with Gasteiger partial charge >= 0.3 is 0 Å². The maximum absolute atomic E-state index is 14.9. The van der Waals surface area contributed by atoms with Gasteiger partial charge in [0.2, 0.25) is 5.91 Å². The molecule has 2 amide bonds. The van der Waals surface area contributed by atoms with Crippen LogP contribution in [0.4, 0.5) is 4.39 Å². The van der Waals surface area contributed by atoms with Crippen LogP contribution in [-0.4, -0.2) is 99.1 Å². The lowest BCUT2D eigenvalue weighted by molar-refractivity contribution is -0.138. The molecule has 2 aliphatic heterocycles. The van der Waals surface area contributed by atoms with Gasteiger partial charge in [0, 0.05) is 44.2 Å². The minimum Gasteiger partial charge on any atom is -0.509 e. The van der Waals surface area contributed by atoms with Crippen LogP contribution in [0.3, 0.4) is 0 Å². The molecule has 0 spiro atoms. The molecule has 208 valence electrons. The zero-order valence-corrected chi connectivity index (χ0v) is 22.6. The quantitative estimate of drug-likeness (QED) is 0.152. The van der Waals surface area contributed by atoms with Gasteiger partial charge < -0.3 is 34.7 Å². The van der Waals surface area contributed by atoms with Crippen molar-refractivity contribution < 1.29 is 38.5 Å². The van der Waals surface area contributed by atoms with Crippen LogP contribution in [0.1, 0.15) is 24.0 Å². The normalized spacial score (nSPS) is 20.3. The largest absolute Gasteiger partial charge is 0.509 e. The number of benzene rings is 1. The zero-order valence-electron chi connectivity index (χ0n) is 22.6. The highest BCUT2D eigenvalue weighted by Gasteiger charge is 2.48. The van der Waals surface area contributed by atoms with Crippen molar-refractivity contribution in [3.05, 3.63) is 70.0 Å². The van der Waals surface area contributed by atoms with E-state index in [2.05, 4.69) is 16.8 Å². The molecule has 1 unspecified atom stereocenters. The molecule has 2 fully saturated rings. The fraction of sp³-hybridized carbons (Fsp3) is 0.423. The molecule has 2 aliphatic rings. The molecule has 3 rings (SSSR count). The van der Waals surface area contributed by atoms with Crippen molar-refractivity contribution in [3.8, 4) is 0 Å². The van der Waals surface area contributed by atoms with Gasteiger partial charge in [-0.2, -0.15) is 0 Å². The first-order valence-corrected chi connectivity index (χ1v) is 12.7. The first-order valence-electron chi connectivity index (χ1n) is 12.7. The van der Waals surface area contributed by atoms with Crippen LogP contribution >= 0.6 is 0 Å². The highest BCUT2D eigenvalue weighted by atomic mass is 19.1. The van der Waals surface area contributed by atoms with Crippen molar-refractivity contribution in [2.75, 3.05) is 39.9 Å². The van der Waals surface area contributed by atoms with Gasteiger partial charge in [-0.1, -0.05) is 18.7 Å². The lowest BCUT2D eigenvalue weighted by atomic mass is 9.71. The van der Waals surface area contributed by atoms with Crippen LogP contribution in [-0.2, 0) is 37.0 Å². The Morgan fingerprint density at radius 1 is 1.33 bits per heavy atom. The van der Waals surface area contributed by atoms with Crippen molar-refractivity contribution in [3.63, 3.8) is 0 Å². The lowest BCUT2D eigenvalue weighted by Crippen LogP contribution is -2.59. The number of hydrogen-bond donors (Lipinski definition) is 3. The second-order valence-corrected chi connectivity index (χ2v) is 9.78. The van der Waals surface area contributed by atoms with Crippen molar-refractivity contribution >= 4 is 33.8 Å². The minimum atomic E-state index is -1.43. The second kappa shape index (κ2) is 13.0. The molecule has 0 saturated carbocycles. The van der Waals surface area contributed by atoms with Gasteiger partial charge in [-0.3, -0.25) is 14.5 Å². The molecule has 10 nitrogen and oxygen atoms in total. The molecule has 0 aromatic heterocycles. The fourth-order valence-electron chi connectivity index (χ4n) is 4.71. The number of halogens is 1. The number of ether oxygens (including phenoxy) is 2. The summed E-state index contributed by atoms with van der Waals surface area (Å²) < 4.78 is 25.7. The van der Waals surface area contributed by atoms with Crippen molar-refractivity contribution in [2.45, 2.75) is 31.4 Å². The summed E-state index contributed by atoms with van der Waals surface area (Å²) in [5.41, 5.74) is -0.422. The summed E-state index contributed by atoms with van der Waals surface area (Å²) in [5.74, 6) is -2.70. The molecule has 0 bridgehead atoms. The third-order valence-electron chi connectivity index (χ3n) is 7.20. The van der Waals surface area contributed by atoms with E-state index < -0.39 is 34.8 Å². The summed E-state index contributed by atoms with van der Waals surface area (Å²) in [6.45, 7) is 6.31. The molecule has 1 aromatic rings. The highest BCUT2D eigenvalue weighted by molar-refractivity contribution is 6.32. The first-order chi connectivity index (χ1) is 18.5. The molecule has 39 heavy (non-hydrogen) atoms. The number of likely N-dealkylation sites (N-methyl/N-ethyl adjacent to an activating group) is 1. The van der Waals surface area contributed by atoms with Crippen molar-refractivity contribution in [1.82, 2.24) is 15.1 Å². The minimum absolute atomic E-state index is 0.0123. The summed E-state index contributed by atoms with van der Waals surface area (Å²) >= 11 is 0. The van der Waals surface area contributed by atoms with Gasteiger partial charge in [0.05, 0.1) is 30.8 Å². The third kappa shape index (κ3) is 6.72. The number of carbonyl (C=O) groups is 3. The van der Waals surface area contributed by atoms with E-state index in [-0.39, 0.29) is 48.2 Å². The average molecular weight is 541 g/mol. The smallest absolute Gasteiger partial charge is 0.282 e. The van der Waals surface area contributed by atoms with Crippen LogP contribution in [0, 0.1) is 5.82 Å². The van der Waals surface area contributed by atoms with E-state index in [1.165, 1.54) is 33.7 Å². The Labute approximate surface area is 228 Å². The number of amides is 2. The predicted octanol–water partition coefficient (Wildman–Crippen LogP) is -0.200. The molecule has 0 aliphatic carbocycles. The number of likely N-dealkylation sites (tertiary alicyclic amines) is 1. The van der Waals surface area contributed by atoms with E-state index in [1.807, 2.05) is 0 Å². The Morgan fingerprint density at radius 3 is 2.62 bits per heavy atom. The first kappa shape index (κ1) is 30.0. The van der Waals surface area contributed by atoms with Gasteiger partial charge in [-0.05, 0) is 23.5 Å². The highest BCUT2D eigenvalue weighted by Crippen LogP contribution is 2.35. The van der Waals surface area contributed by atoms with E-state index in [9.17, 15) is 29.0 Å². The average Bonchev–Trinajstić information content (AvgIpc) is 3.28. The number of hydrogen-bond acceptors (Lipinski definition) is 8. The molecule has 1 atom stereocenters. The number of aliphatic hydroxyl groups is 2. The number of carbonyl (C=O) groups excluding carboxylic acids is 3. The van der Waals surface area contributed by atoms with E-state index in [0.717, 1.165) is 18.7 Å². The second-order valence-electron chi connectivity index (χ2n) is 9.78. The Bertz CT molecular complexity index is 1200. The van der Waals surface area contributed by atoms with Gasteiger partial charge in [-0.15, -0.1) is 0 Å². The van der Waals surface area contributed by atoms with Gasteiger partial charge in [-0.25, -0.2) is 4.39 Å². The Hall–Kier alpha value is -3.57. The van der Waals surface area contributed by atoms with Crippen molar-refractivity contribution in [2.24, 2.45) is 0 Å².